The van der Waals surface area contributed by atoms with Crippen molar-refractivity contribution >= 4 is 5.91 Å². The van der Waals surface area contributed by atoms with Crippen LogP contribution in [0.2, 0.25) is 0 Å². The van der Waals surface area contributed by atoms with Crippen LogP contribution < -0.4 is 11.1 Å². The third-order valence-electron chi connectivity index (χ3n) is 2.35. The van der Waals surface area contributed by atoms with E-state index in [1.54, 1.807) is 12.4 Å². The summed E-state index contributed by atoms with van der Waals surface area (Å²) in [6, 6.07) is -0.0198. The Bertz CT molecular complexity index is 297. The molecule has 1 rings (SSSR count). The fourth-order valence-corrected chi connectivity index (χ4v) is 1.54. The Morgan fingerprint density at radius 1 is 1.69 bits per heavy atom. The Hall–Kier alpha value is -1.36. The molecule has 90 valence electrons. The summed E-state index contributed by atoms with van der Waals surface area (Å²) in [6.07, 6.45) is 6.52. The van der Waals surface area contributed by atoms with Crippen LogP contribution in [0.4, 0.5) is 0 Å². The normalized spacial score (nSPS) is 12.4. The van der Waals surface area contributed by atoms with Gasteiger partial charge in [0.1, 0.15) is 5.82 Å². The van der Waals surface area contributed by atoms with Gasteiger partial charge in [-0.1, -0.05) is 13.3 Å². The maximum absolute atomic E-state index is 11.4. The summed E-state index contributed by atoms with van der Waals surface area (Å²) >= 11 is 0. The van der Waals surface area contributed by atoms with Crippen molar-refractivity contribution < 1.29 is 4.79 Å². The van der Waals surface area contributed by atoms with E-state index in [1.807, 2.05) is 0 Å². The van der Waals surface area contributed by atoms with Crippen LogP contribution in [0.5, 0.6) is 0 Å². The number of amides is 1. The lowest BCUT2D eigenvalue weighted by atomic mass is 10.1. The molecule has 0 aromatic carbocycles. The number of carbonyl (C=O) groups excluding carboxylic acids is 1. The lowest BCUT2D eigenvalue weighted by Gasteiger charge is -2.09. The third-order valence-corrected chi connectivity index (χ3v) is 2.35. The number of nitrogens with one attached hydrogen (secondary N) is 2. The standard InChI is InChI=1S/C11H20N4O/c1-2-3-9(12)8-11(16)15-5-4-10-13-6-7-14-10/h6-7,9H,2-5,8,12H2,1H3,(H,13,14)(H,15,16). The summed E-state index contributed by atoms with van der Waals surface area (Å²) in [5, 5.41) is 2.83. The number of hydrogen-bond acceptors (Lipinski definition) is 3. The molecule has 0 saturated carbocycles. The number of carbonyl (C=O) groups is 1. The largest absolute Gasteiger partial charge is 0.356 e. The molecule has 0 aliphatic heterocycles. The van der Waals surface area contributed by atoms with Gasteiger partial charge in [0.25, 0.3) is 0 Å². The van der Waals surface area contributed by atoms with E-state index in [-0.39, 0.29) is 11.9 Å². The molecule has 1 amide bonds. The average molecular weight is 224 g/mol. The first-order valence-corrected chi connectivity index (χ1v) is 5.73. The van der Waals surface area contributed by atoms with E-state index in [4.69, 9.17) is 5.73 Å². The molecule has 0 radical (unpaired) electrons. The van der Waals surface area contributed by atoms with Gasteiger partial charge in [-0.2, -0.15) is 0 Å². The van der Waals surface area contributed by atoms with Crippen molar-refractivity contribution in [2.24, 2.45) is 5.73 Å². The fourth-order valence-electron chi connectivity index (χ4n) is 1.54. The molecule has 0 bridgehead atoms. The summed E-state index contributed by atoms with van der Waals surface area (Å²) in [6.45, 7) is 2.67. The predicted octanol–water partition coefficient (Wildman–Crippen LogP) is 0.586. The number of nitrogens with two attached hydrogens (primary N) is 1. The molecule has 4 N–H and O–H groups in total. The van der Waals surface area contributed by atoms with Crippen LogP contribution in [-0.4, -0.2) is 28.5 Å². The topological polar surface area (TPSA) is 83.8 Å². The second-order valence-corrected chi connectivity index (χ2v) is 3.89. The molecule has 0 aliphatic carbocycles. The van der Waals surface area contributed by atoms with E-state index >= 15 is 0 Å². The van der Waals surface area contributed by atoms with Crippen molar-refractivity contribution in [3.05, 3.63) is 18.2 Å². The average Bonchev–Trinajstić information content (AvgIpc) is 2.70. The Balaban J connectivity index is 2.10. The first-order chi connectivity index (χ1) is 7.72. The van der Waals surface area contributed by atoms with Crippen molar-refractivity contribution in [1.82, 2.24) is 15.3 Å². The van der Waals surface area contributed by atoms with E-state index in [9.17, 15) is 4.79 Å². The summed E-state index contributed by atoms with van der Waals surface area (Å²) in [5.41, 5.74) is 5.77. The van der Waals surface area contributed by atoms with Gasteiger partial charge in [-0.25, -0.2) is 4.98 Å². The van der Waals surface area contributed by atoms with Gasteiger partial charge in [-0.15, -0.1) is 0 Å². The quantitative estimate of drug-likeness (QED) is 0.633. The second-order valence-electron chi connectivity index (χ2n) is 3.89. The first-order valence-electron chi connectivity index (χ1n) is 5.73. The van der Waals surface area contributed by atoms with Gasteiger partial charge in [0.2, 0.25) is 5.91 Å². The molecule has 5 heteroatoms. The lowest BCUT2D eigenvalue weighted by molar-refractivity contribution is -0.121. The third kappa shape index (κ3) is 4.93. The van der Waals surface area contributed by atoms with Gasteiger partial charge in [-0.05, 0) is 6.42 Å². The molecular weight excluding hydrogens is 204 g/mol. The zero-order valence-corrected chi connectivity index (χ0v) is 9.70. The Morgan fingerprint density at radius 2 is 2.50 bits per heavy atom. The Labute approximate surface area is 95.8 Å². The maximum atomic E-state index is 11.4. The van der Waals surface area contributed by atoms with Crippen molar-refractivity contribution in [3.8, 4) is 0 Å². The van der Waals surface area contributed by atoms with Crippen LogP contribution in [-0.2, 0) is 11.2 Å². The number of rotatable bonds is 7. The van der Waals surface area contributed by atoms with Crippen molar-refractivity contribution in [1.29, 1.82) is 0 Å². The summed E-state index contributed by atoms with van der Waals surface area (Å²) in [7, 11) is 0. The van der Waals surface area contributed by atoms with E-state index in [0.717, 1.165) is 25.1 Å². The molecular formula is C11H20N4O. The minimum atomic E-state index is -0.0198. The number of nitrogens with zero attached hydrogens (tertiary/aromatic N) is 1. The molecule has 0 aliphatic rings. The van der Waals surface area contributed by atoms with Crippen molar-refractivity contribution in [3.63, 3.8) is 0 Å². The number of H-pyrrole nitrogens is 1. The van der Waals surface area contributed by atoms with Gasteiger partial charge >= 0.3 is 0 Å². The molecule has 16 heavy (non-hydrogen) atoms. The van der Waals surface area contributed by atoms with Crippen molar-refractivity contribution in [2.45, 2.75) is 38.6 Å². The molecule has 1 heterocycles. The molecule has 1 aromatic rings. The number of aromatic amines is 1. The first kappa shape index (κ1) is 12.7. The van der Waals surface area contributed by atoms with Crippen LogP contribution in [0, 0.1) is 0 Å². The highest BCUT2D eigenvalue weighted by Gasteiger charge is 2.07. The smallest absolute Gasteiger partial charge is 0.221 e. The number of aromatic nitrogens is 2. The van der Waals surface area contributed by atoms with E-state index in [2.05, 4.69) is 22.2 Å². The molecule has 0 spiro atoms. The Morgan fingerprint density at radius 3 is 3.12 bits per heavy atom. The molecule has 1 atom stereocenters. The second kappa shape index (κ2) is 7.00. The molecule has 1 aromatic heterocycles. The Kier molecular flexibility index (Phi) is 5.56. The fraction of sp³-hybridized carbons (Fsp3) is 0.636. The van der Waals surface area contributed by atoms with Crippen LogP contribution in [0.25, 0.3) is 0 Å². The van der Waals surface area contributed by atoms with E-state index in [0.29, 0.717) is 13.0 Å². The summed E-state index contributed by atoms with van der Waals surface area (Å²) in [4.78, 5) is 18.5. The zero-order chi connectivity index (χ0) is 11.8. The molecule has 5 nitrogen and oxygen atoms in total. The van der Waals surface area contributed by atoms with Crippen LogP contribution in [0.15, 0.2) is 12.4 Å². The van der Waals surface area contributed by atoms with E-state index < -0.39 is 0 Å². The summed E-state index contributed by atoms with van der Waals surface area (Å²) in [5.74, 6) is 0.908. The minimum absolute atomic E-state index is 0.0198. The van der Waals surface area contributed by atoms with E-state index in [1.165, 1.54) is 0 Å². The van der Waals surface area contributed by atoms with Gasteiger partial charge in [0.15, 0.2) is 0 Å². The monoisotopic (exact) mass is 224 g/mol. The van der Waals surface area contributed by atoms with Gasteiger partial charge in [0, 0.05) is 37.8 Å². The van der Waals surface area contributed by atoms with Gasteiger partial charge in [0.05, 0.1) is 0 Å². The van der Waals surface area contributed by atoms with Gasteiger partial charge in [-0.3, -0.25) is 4.79 Å². The van der Waals surface area contributed by atoms with Gasteiger partial charge < -0.3 is 16.0 Å². The SMILES string of the molecule is CCCC(N)CC(=O)NCCc1ncc[nH]1. The summed E-state index contributed by atoms with van der Waals surface area (Å²) < 4.78 is 0. The number of hydrogen-bond donors (Lipinski definition) is 3. The zero-order valence-electron chi connectivity index (χ0n) is 9.70. The van der Waals surface area contributed by atoms with Crippen LogP contribution in [0.3, 0.4) is 0 Å². The van der Waals surface area contributed by atoms with Crippen LogP contribution >= 0.6 is 0 Å². The molecule has 0 fully saturated rings. The minimum Gasteiger partial charge on any atom is -0.356 e. The predicted molar refractivity (Wildman–Crippen MR) is 62.8 cm³/mol. The lowest BCUT2D eigenvalue weighted by Crippen LogP contribution is -2.32. The highest BCUT2D eigenvalue weighted by atomic mass is 16.1. The number of imidazole rings is 1. The maximum Gasteiger partial charge on any atom is 0.221 e. The van der Waals surface area contributed by atoms with Crippen LogP contribution in [0.1, 0.15) is 32.0 Å². The highest BCUT2D eigenvalue weighted by molar-refractivity contribution is 5.76. The molecule has 1 unspecified atom stereocenters. The highest BCUT2D eigenvalue weighted by Crippen LogP contribution is 1.98. The molecule has 0 saturated heterocycles. The van der Waals surface area contributed by atoms with Crippen molar-refractivity contribution in [2.75, 3.05) is 6.54 Å².